The summed E-state index contributed by atoms with van der Waals surface area (Å²) in [4.78, 5) is 9.49. The number of likely N-dealkylation sites (N-methyl/N-ethyl adjacent to an activating group) is 1. The number of likely N-dealkylation sites (tertiary alicyclic amines) is 1. The minimum atomic E-state index is 0. The molecule has 2 aliphatic heterocycles. The second-order valence-electron chi connectivity index (χ2n) is 7.50. The Bertz CT molecular complexity index is 399. The summed E-state index contributed by atoms with van der Waals surface area (Å²) in [5.41, 5.74) is 0.0989. The fourth-order valence-corrected chi connectivity index (χ4v) is 3.72. The number of nitrogens with zero attached hydrogens (tertiary/aromatic N) is 3. The molecule has 0 radical (unpaired) electrons. The van der Waals surface area contributed by atoms with Gasteiger partial charge in [0.15, 0.2) is 5.96 Å². The predicted octanol–water partition coefficient (Wildman–Crippen LogP) is 1.75. The smallest absolute Gasteiger partial charge is 0.191 e. The molecule has 1 unspecified atom stereocenters. The molecule has 2 aliphatic rings. The first kappa shape index (κ1) is 22.9. The van der Waals surface area contributed by atoms with E-state index in [4.69, 9.17) is 4.74 Å². The van der Waals surface area contributed by atoms with E-state index >= 15 is 0 Å². The van der Waals surface area contributed by atoms with E-state index < -0.39 is 0 Å². The zero-order chi connectivity index (χ0) is 17.4. The fraction of sp³-hybridized carbons (Fsp3) is 0.944. The Morgan fingerprint density at radius 1 is 1.16 bits per heavy atom. The van der Waals surface area contributed by atoms with Crippen LogP contribution in [-0.4, -0.2) is 86.9 Å². The molecule has 0 amide bonds. The Hall–Kier alpha value is -0.120. The number of aliphatic imine (C=N–C) groups is 1. The van der Waals surface area contributed by atoms with Gasteiger partial charge in [-0.1, -0.05) is 13.3 Å². The van der Waals surface area contributed by atoms with Crippen molar-refractivity contribution in [2.45, 2.75) is 51.6 Å². The number of guanidine groups is 1. The minimum Gasteiger partial charge on any atom is -0.379 e. The molecule has 2 N–H and O–H groups in total. The van der Waals surface area contributed by atoms with Gasteiger partial charge in [-0.15, -0.1) is 24.0 Å². The van der Waals surface area contributed by atoms with E-state index in [9.17, 15) is 0 Å². The molecule has 7 heteroatoms. The van der Waals surface area contributed by atoms with Gasteiger partial charge in [0, 0.05) is 44.8 Å². The highest BCUT2D eigenvalue weighted by molar-refractivity contribution is 14.0. The number of halogens is 1. The molecule has 0 aliphatic carbocycles. The van der Waals surface area contributed by atoms with Gasteiger partial charge in [-0.05, 0) is 39.8 Å². The molecule has 148 valence electrons. The van der Waals surface area contributed by atoms with Crippen molar-refractivity contribution in [3.8, 4) is 0 Å². The highest BCUT2D eigenvalue weighted by atomic mass is 127. The van der Waals surface area contributed by atoms with Crippen molar-refractivity contribution in [3.63, 3.8) is 0 Å². The molecule has 0 saturated carbocycles. The third-order valence-corrected chi connectivity index (χ3v) is 5.44. The zero-order valence-electron chi connectivity index (χ0n) is 16.5. The predicted molar refractivity (Wildman–Crippen MR) is 116 cm³/mol. The SMILES string of the molecule is CCN1CCCCC1CNC(=NC)NCC(C)(C)N1CCOCC1.I. The lowest BCUT2D eigenvalue weighted by Gasteiger charge is -2.41. The van der Waals surface area contributed by atoms with Crippen molar-refractivity contribution in [3.05, 3.63) is 0 Å². The molecular weight excluding hydrogens is 429 g/mol. The third-order valence-electron chi connectivity index (χ3n) is 5.44. The van der Waals surface area contributed by atoms with Gasteiger partial charge in [0.25, 0.3) is 0 Å². The van der Waals surface area contributed by atoms with Crippen LogP contribution in [0, 0.1) is 0 Å². The van der Waals surface area contributed by atoms with Gasteiger partial charge >= 0.3 is 0 Å². The van der Waals surface area contributed by atoms with Crippen molar-refractivity contribution >= 4 is 29.9 Å². The number of piperidine rings is 1. The van der Waals surface area contributed by atoms with Crippen LogP contribution in [0.2, 0.25) is 0 Å². The average molecular weight is 467 g/mol. The average Bonchev–Trinajstić information content (AvgIpc) is 2.63. The van der Waals surface area contributed by atoms with E-state index in [2.05, 4.69) is 46.2 Å². The molecule has 1 atom stereocenters. The quantitative estimate of drug-likeness (QED) is 0.354. The fourth-order valence-electron chi connectivity index (χ4n) is 3.72. The Morgan fingerprint density at radius 3 is 2.52 bits per heavy atom. The molecule has 2 saturated heterocycles. The molecule has 25 heavy (non-hydrogen) atoms. The first-order valence-electron chi connectivity index (χ1n) is 9.58. The summed E-state index contributed by atoms with van der Waals surface area (Å²) >= 11 is 0. The van der Waals surface area contributed by atoms with Gasteiger partial charge in [-0.25, -0.2) is 0 Å². The maximum absolute atomic E-state index is 5.47. The second kappa shape index (κ2) is 11.6. The zero-order valence-corrected chi connectivity index (χ0v) is 18.8. The minimum absolute atomic E-state index is 0. The summed E-state index contributed by atoms with van der Waals surface area (Å²) in [6, 6.07) is 0.634. The van der Waals surface area contributed by atoms with Crippen LogP contribution in [0.15, 0.2) is 4.99 Å². The molecule has 0 aromatic heterocycles. The lowest BCUT2D eigenvalue weighted by atomic mass is 10.0. The number of rotatable bonds is 6. The van der Waals surface area contributed by atoms with Gasteiger partial charge in [-0.2, -0.15) is 0 Å². The standard InChI is InChI=1S/C18H37N5O.HI/c1-5-22-9-7-6-8-16(22)14-20-17(19-4)21-15-18(2,3)23-10-12-24-13-11-23;/h16H,5-15H2,1-4H3,(H2,19,20,21);1H. The van der Waals surface area contributed by atoms with Crippen molar-refractivity contribution in [1.82, 2.24) is 20.4 Å². The first-order chi connectivity index (χ1) is 11.6. The molecule has 0 aromatic rings. The summed E-state index contributed by atoms with van der Waals surface area (Å²) in [6.07, 6.45) is 3.97. The molecule has 2 fully saturated rings. The van der Waals surface area contributed by atoms with Gasteiger partial charge in [-0.3, -0.25) is 14.8 Å². The first-order valence-corrected chi connectivity index (χ1v) is 9.58. The molecule has 0 aromatic carbocycles. The monoisotopic (exact) mass is 467 g/mol. The maximum Gasteiger partial charge on any atom is 0.191 e. The third kappa shape index (κ3) is 7.19. The number of hydrogen-bond acceptors (Lipinski definition) is 4. The van der Waals surface area contributed by atoms with Crippen molar-refractivity contribution < 1.29 is 4.74 Å². The Labute approximate surface area is 171 Å². The topological polar surface area (TPSA) is 52.1 Å². The largest absolute Gasteiger partial charge is 0.379 e. The summed E-state index contributed by atoms with van der Waals surface area (Å²) < 4.78 is 5.47. The van der Waals surface area contributed by atoms with E-state index in [0.717, 1.165) is 51.9 Å². The van der Waals surface area contributed by atoms with Gasteiger partial charge in [0.2, 0.25) is 0 Å². The Balaban J connectivity index is 0.00000312. The second-order valence-corrected chi connectivity index (χ2v) is 7.50. The summed E-state index contributed by atoms with van der Waals surface area (Å²) in [5.74, 6) is 0.915. The Kier molecular flexibility index (Phi) is 10.6. The van der Waals surface area contributed by atoms with Crippen molar-refractivity contribution in [2.24, 2.45) is 4.99 Å². The van der Waals surface area contributed by atoms with Crippen LogP contribution in [0.1, 0.15) is 40.0 Å². The lowest BCUT2D eigenvalue weighted by Crippen LogP contribution is -2.57. The number of hydrogen-bond donors (Lipinski definition) is 2. The van der Waals surface area contributed by atoms with E-state index in [0.29, 0.717) is 6.04 Å². The van der Waals surface area contributed by atoms with E-state index in [-0.39, 0.29) is 29.5 Å². The van der Waals surface area contributed by atoms with E-state index in [1.165, 1.54) is 25.8 Å². The van der Waals surface area contributed by atoms with Crippen molar-refractivity contribution in [1.29, 1.82) is 0 Å². The maximum atomic E-state index is 5.47. The molecule has 2 heterocycles. The van der Waals surface area contributed by atoms with Crippen LogP contribution in [-0.2, 0) is 4.74 Å². The molecule has 0 spiro atoms. The van der Waals surface area contributed by atoms with Gasteiger partial charge in [0.1, 0.15) is 0 Å². The highest BCUT2D eigenvalue weighted by Gasteiger charge is 2.28. The van der Waals surface area contributed by atoms with Crippen LogP contribution >= 0.6 is 24.0 Å². The van der Waals surface area contributed by atoms with Crippen LogP contribution in [0.4, 0.5) is 0 Å². The van der Waals surface area contributed by atoms with Crippen LogP contribution in [0.5, 0.6) is 0 Å². The van der Waals surface area contributed by atoms with Crippen LogP contribution < -0.4 is 10.6 Å². The number of ether oxygens (including phenoxy) is 1. The summed E-state index contributed by atoms with van der Waals surface area (Å²) in [6.45, 7) is 14.8. The molecule has 0 bridgehead atoms. The van der Waals surface area contributed by atoms with E-state index in [1.807, 2.05) is 7.05 Å². The molecular formula is C18H38IN5O. The number of nitrogens with one attached hydrogen (secondary N) is 2. The van der Waals surface area contributed by atoms with Crippen molar-refractivity contribution in [2.75, 3.05) is 59.5 Å². The van der Waals surface area contributed by atoms with Gasteiger partial charge < -0.3 is 15.4 Å². The lowest BCUT2D eigenvalue weighted by molar-refractivity contribution is -0.00834. The van der Waals surface area contributed by atoms with Gasteiger partial charge in [0.05, 0.1) is 13.2 Å². The molecule has 6 nitrogen and oxygen atoms in total. The van der Waals surface area contributed by atoms with Crippen LogP contribution in [0.25, 0.3) is 0 Å². The Morgan fingerprint density at radius 2 is 1.88 bits per heavy atom. The normalized spacial score (nSPS) is 23.8. The highest BCUT2D eigenvalue weighted by Crippen LogP contribution is 2.16. The summed E-state index contributed by atoms with van der Waals surface area (Å²) in [5, 5.41) is 7.05. The number of morpholine rings is 1. The summed E-state index contributed by atoms with van der Waals surface area (Å²) in [7, 11) is 1.86. The van der Waals surface area contributed by atoms with Crippen LogP contribution in [0.3, 0.4) is 0 Å². The van der Waals surface area contributed by atoms with E-state index in [1.54, 1.807) is 0 Å². The molecule has 2 rings (SSSR count).